The van der Waals surface area contributed by atoms with Crippen LogP contribution in [0.1, 0.15) is 5.56 Å². The van der Waals surface area contributed by atoms with Crippen LogP contribution in [0.5, 0.6) is 11.5 Å². The Hall–Kier alpha value is -3.79. The quantitative estimate of drug-likeness (QED) is 0.402. The zero-order valence-corrected chi connectivity index (χ0v) is 16.5. The maximum atomic E-state index is 5.27. The van der Waals surface area contributed by atoms with E-state index in [1.165, 1.54) is 10.8 Å². The molecular weight excluding hydrogens is 360 g/mol. The minimum absolute atomic E-state index is 0.824. The van der Waals surface area contributed by atoms with E-state index in [2.05, 4.69) is 52.8 Å². The number of amidine groups is 1. The van der Waals surface area contributed by atoms with Crippen LogP contribution in [0, 0.1) is 0 Å². The highest BCUT2D eigenvalue weighted by atomic mass is 16.5. The molecule has 0 heterocycles. The molecule has 0 unspecified atom stereocenters. The zero-order chi connectivity index (χ0) is 20.1. The molecule has 29 heavy (non-hydrogen) atoms. The number of hydrogen-bond donors (Lipinski definition) is 2. The summed E-state index contributed by atoms with van der Waals surface area (Å²) < 4.78 is 10.5. The van der Waals surface area contributed by atoms with Crippen molar-refractivity contribution < 1.29 is 14.5 Å². The summed E-state index contributed by atoms with van der Waals surface area (Å²) in [6, 6.07) is 30.4. The minimum Gasteiger partial charge on any atom is -0.497 e. The van der Waals surface area contributed by atoms with Crippen LogP contribution in [-0.4, -0.2) is 20.1 Å². The lowest BCUT2D eigenvalue weighted by molar-refractivity contribution is -0.352. The van der Waals surface area contributed by atoms with Crippen molar-refractivity contribution in [1.29, 1.82) is 0 Å². The van der Waals surface area contributed by atoms with Gasteiger partial charge in [-0.1, -0.05) is 36.4 Å². The van der Waals surface area contributed by atoms with Gasteiger partial charge in [0.2, 0.25) is 0 Å². The van der Waals surface area contributed by atoms with Gasteiger partial charge in [-0.15, -0.1) is 0 Å². The number of hydrogen-bond acceptors (Lipinski definition) is 2. The first-order valence-corrected chi connectivity index (χ1v) is 9.44. The van der Waals surface area contributed by atoms with Crippen molar-refractivity contribution in [2.24, 2.45) is 0 Å². The second-order valence-electron chi connectivity index (χ2n) is 6.61. The van der Waals surface area contributed by atoms with E-state index in [1.54, 1.807) is 14.2 Å². The monoisotopic (exact) mass is 383 g/mol. The number of anilines is 1. The topological polar surface area (TPSA) is 44.5 Å². The van der Waals surface area contributed by atoms with Crippen molar-refractivity contribution in [2.45, 2.75) is 0 Å². The van der Waals surface area contributed by atoms with Crippen molar-refractivity contribution in [1.82, 2.24) is 0 Å². The van der Waals surface area contributed by atoms with Gasteiger partial charge >= 0.3 is 0 Å². The first-order valence-electron chi connectivity index (χ1n) is 9.44. The summed E-state index contributed by atoms with van der Waals surface area (Å²) in [6.45, 7) is 0. The van der Waals surface area contributed by atoms with Crippen LogP contribution >= 0.6 is 0 Å². The van der Waals surface area contributed by atoms with Crippen LogP contribution in [0.4, 0.5) is 11.4 Å². The Morgan fingerprint density at radius 1 is 0.690 bits per heavy atom. The SMILES string of the molecule is COc1ccc(NC(=[NH+]c2ccc(OC)cc2)c2cccc3ccccc23)cc1. The maximum absolute atomic E-state index is 5.27. The Morgan fingerprint density at radius 2 is 1.31 bits per heavy atom. The van der Waals surface area contributed by atoms with E-state index >= 15 is 0 Å². The molecule has 4 aromatic carbocycles. The molecule has 0 radical (unpaired) electrons. The number of nitrogens with one attached hydrogen (secondary N) is 2. The second-order valence-corrected chi connectivity index (χ2v) is 6.61. The van der Waals surface area contributed by atoms with Crippen molar-refractivity contribution >= 4 is 28.0 Å². The molecule has 0 aliphatic carbocycles. The summed E-state index contributed by atoms with van der Waals surface area (Å²) in [5, 5.41) is 5.90. The Kier molecular flexibility index (Phi) is 5.43. The van der Waals surface area contributed by atoms with Crippen molar-refractivity contribution in [3.63, 3.8) is 0 Å². The van der Waals surface area contributed by atoms with Gasteiger partial charge in [-0.05, 0) is 65.4 Å². The lowest BCUT2D eigenvalue weighted by atomic mass is 10.0. The van der Waals surface area contributed by atoms with Crippen molar-refractivity contribution in [3.8, 4) is 11.5 Å². The molecule has 4 aromatic rings. The van der Waals surface area contributed by atoms with Gasteiger partial charge in [0.15, 0.2) is 0 Å². The number of rotatable bonds is 5. The predicted molar refractivity (Wildman–Crippen MR) is 118 cm³/mol. The van der Waals surface area contributed by atoms with Gasteiger partial charge in [0.25, 0.3) is 5.84 Å². The van der Waals surface area contributed by atoms with E-state index in [9.17, 15) is 0 Å². The lowest BCUT2D eigenvalue weighted by Gasteiger charge is -2.08. The second kappa shape index (κ2) is 8.48. The van der Waals surface area contributed by atoms with Gasteiger partial charge in [-0.3, -0.25) is 0 Å². The van der Waals surface area contributed by atoms with Crippen LogP contribution in [0.25, 0.3) is 10.8 Å². The Bertz CT molecular complexity index is 1130. The average Bonchev–Trinajstić information content (AvgIpc) is 2.79. The largest absolute Gasteiger partial charge is 0.497 e. The number of fused-ring (bicyclic) bond motifs is 1. The maximum Gasteiger partial charge on any atom is 0.285 e. The molecule has 0 spiro atoms. The molecule has 0 aliphatic heterocycles. The Labute approximate surface area is 170 Å². The highest BCUT2D eigenvalue weighted by Gasteiger charge is 2.15. The van der Waals surface area contributed by atoms with Crippen molar-refractivity contribution in [3.05, 3.63) is 96.6 Å². The van der Waals surface area contributed by atoms with E-state index in [0.717, 1.165) is 34.3 Å². The standard InChI is InChI=1S/C25H22N2O2/c1-28-21-14-10-19(11-15-21)26-25(27-20-12-16-22(29-2)17-13-20)24-9-5-7-18-6-3-4-8-23(18)24/h3-17H,1-2H3,(H,26,27)/p+1. The number of benzene rings is 4. The molecule has 2 N–H and O–H groups in total. The molecular formula is C25H23N2O2+. The fourth-order valence-corrected chi connectivity index (χ4v) is 3.25. The molecule has 0 aromatic heterocycles. The minimum atomic E-state index is 0.824. The third-order valence-electron chi connectivity index (χ3n) is 4.78. The summed E-state index contributed by atoms with van der Waals surface area (Å²) in [5.41, 5.74) is 3.03. The van der Waals surface area contributed by atoms with Crippen LogP contribution in [-0.2, 0) is 0 Å². The Morgan fingerprint density at radius 3 is 2.00 bits per heavy atom. The van der Waals surface area contributed by atoms with Gasteiger partial charge in [0.05, 0.1) is 19.8 Å². The third kappa shape index (κ3) is 4.22. The molecule has 0 saturated heterocycles. The number of methoxy groups -OCH3 is 2. The summed E-state index contributed by atoms with van der Waals surface area (Å²) in [5.74, 6) is 2.55. The molecule has 144 valence electrons. The zero-order valence-electron chi connectivity index (χ0n) is 16.5. The number of ether oxygens (including phenoxy) is 2. The highest BCUT2D eigenvalue weighted by Crippen LogP contribution is 2.21. The van der Waals surface area contributed by atoms with E-state index in [4.69, 9.17) is 9.47 Å². The summed E-state index contributed by atoms with van der Waals surface area (Å²) in [4.78, 5) is 3.53. The molecule has 0 saturated carbocycles. The summed E-state index contributed by atoms with van der Waals surface area (Å²) in [6.07, 6.45) is 0. The van der Waals surface area contributed by atoms with E-state index in [-0.39, 0.29) is 0 Å². The molecule has 4 nitrogen and oxygen atoms in total. The molecule has 0 aliphatic rings. The van der Waals surface area contributed by atoms with Gasteiger partial charge < -0.3 is 9.47 Å². The van der Waals surface area contributed by atoms with Gasteiger partial charge in [0.1, 0.15) is 22.9 Å². The van der Waals surface area contributed by atoms with Crippen LogP contribution in [0.15, 0.2) is 91.0 Å². The van der Waals surface area contributed by atoms with Crippen molar-refractivity contribution in [2.75, 3.05) is 19.5 Å². The predicted octanol–water partition coefficient (Wildman–Crippen LogP) is 4.13. The van der Waals surface area contributed by atoms with Gasteiger partial charge in [-0.25, -0.2) is 10.3 Å². The molecule has 4 heteroatoms. The van der Waals surface area contributed by atoms with Crippen LogP contribution in [0.3, 0.4) is 0 Å². The smallest absolute Gasteiger partial charge is 0.285 e. The van der Waals surface area contributed by atoms with E-state index in [1.807, 2.05) is 48.5 Å². The van der Waals surface area contributed by atoms with Gasteiger partial charge in [0, 0.05) is 0 Å². The lowest BCUT2D eigenvalue weighted by Crippen LogP contribution is -2.68. The van der Waals surface area contributed by atoms with E-state index < -0.39 is 0 Å². The first kappa shape index (κ1) is 18.6. The fraction of sp³-hybridized carbons (Fsp3) is 0.0800. The highest BCUT2D eigenvalue weighted by molar-refractivity contribution is 6.13. The fourth-order valence-electron chi connectivity index (χ4n) is 3.25. The average molecular weight is 383 g/mol. The Balaban J connectivity index is 1.79. The third-order valence-corrected chi connectivity index (χ3v) is 4.78. The molecule has 0 fully saturated rings. The molecule has 4 rings (SSSR count). The normalized spacial score (nSPS) is 11.3. The summed E-state index contributed by atoms with van der Waals surface area (Å²) in [7, 11) is 3.34. The van der Waals surface area contributed by atoms with Crippen LogP contribution < -0.4 is 19.8 Å². The van der Waals surface area contributed by atoms with Crippen LogP contribution in [0.2, 0.25) is 0 Å². The molecule has 0 amide bonds. The van der Waals surface area contributed by atoms with E-state index in [0.29, 0.717) is 0 Å². The molecule has 0 atom stereocenters. The first-order chi connectivity index (χ1) is 14.3. The van der Waals surface area contributed by atoms with Gasteiger partial charge in [-0.2, -0.15) is 0 Å². The molecule has 0 bridgehead atoms. The summed E-state index contributed by atoms with van der Waals surface area (Å²) >= 11 is 0.